The van der Waals surface area contributed by atoms with Crippen molar-refractivity contribution in [1.82, 2.24) is 15.5 Å². The number of methoxy groups -OCH3 is 1. The highest BCUT2D eigenvalue weighted by Crippen LogP contribution is 2.21. The molecule has 1 aromatic carbocycles. The van der Waals surface area contributed by atoms with Gasteiger partial charge in [0, 0.05) is 5.56 Å². The van der Waals surface area contributed by atoms with E-state index < -0.39 is 0 Å². The Balaban J connectivity index is 2.09. The molecular weight excluding hydrogens is 248 g/mol. The van der Waals surface area contributed by atoms with Crippen LogP contribution in [0.25, 0.3) is 11.4 Å². The number of rotatable bonds is 5. The molecule has 2 rings (SSSR count). The number of hydrogen-bond acceptors (Lipinski definition) is 6. The SMILES string of the molecule is COc1cccc(-c2noc(CNC(=O)CN)n2)c1. The van der Waals surface area contributed by atoms with Crippen LogP contribution >= 0.6 is 0 Å². The van der Waals surface area contributed by atoms with E-state index in [1.807, 2.05) is 18.2 Å². The molecule has 0 bridgehead atoms. The van der Waals surface area contributed by atoms with E-state index in [2.05, 4.69) is 15.5 Å². The molecule has 0 unspecified atom stereocenters. The molecule has 0 fully saturated rings. The van der Waals surface area contributed by atoms with Gasteiger partial charge in [0.05, 0.1) is 20.2 Å². The minimum atomic E-state index is -0.277. The van der Waals surface area contributed by atoms with Crippen molar-refractivity contribution in [2.24, 2.45) is 5.73 Å². The number of amides is 1. The van der Waals surface area contributed by atoms with Crippen molar-refractivity contribution in [3.63, 3.8) is 0 Å². The zero-order valence-electron chi connectivity index (χ0n) is 10.4. The van der Waals surface area contributed by atoms with Gasteiger partial charge in [-0.2, -0.15) is 4.98 Å². The Labute approximate surface area is 109 Å². The molecular formula is C12H14N4O3. The Kier molecular flexibility index (Phi) is 4.09. The average Bonchev–Trinajstić information content (AvgIpc) is 2.93. The maximum absolute atomic E-state index is 11.0. The fourth-order valence-corrected chi connectivity index (χ4v) is 1.45. The molecule has 0 radical (unpaired) electrons. The second-order valence-corrected chi connectivity index (χ2v) is 3.72. The molecule has 100 valence electrons. The number of hydrogen-bond donors (Lipinski definition) is 2. The van der Waals surface area contributed by atoms with Crippen LogP contribution in [-0.2, 0) is 11.3 Å². The van der Waals surface area contributed by atoms with E-state index in [9.17, 15) is 4.79 Å². The van der Waals surface area contributed by atoms with Gasteiger partial charge >= 0.3 is 0 Å². The summed E-state index contributed by atoms with van der Waals surface area (Å²) < 4.78 is 10.1. The molecule has 1 amide bonds. The first-order valence-corrected chi connectivity index (χ1v) is 5.66. The van der Waals surface area contributed by atoms with Crippen molar-refractivity contribution in [2.45, 2.75) is 6.54 Å². The molecule has 0 saturated carbocycles. The topological polar surface area (TPSA) is 103 Å². The lowest BCUT2D eigenvalue weighted by atomic mass is 10.2. The summed E-state index contributed by atoms with van der Waals surface area (Å²) in [4.78, 5) is 15.2. The van der Waals surface area contributed by atoms with Gasteiger partial charge in [-0.1, -0.05) is 17.3 Å². The van der Waals surface area contributed by atoms with E-state index in [-0.39, 0.29) is 19.0 Å². The van der Waals surface area contributed by atoms with E-state index in [0.29, 0.717) is 17.5 Å². The number of nitrogens with zero attached hydrogens (tertiary/aromatic N) is 2. The summed E-state index contributed by atoms with van der Waals surface area (Å²) in [6.45, 7) is 0.0872. The van der Waals surface area contributed by atoms with Crippen LogP contribution in [-0.4, -0.2) is 29.7 Å². The first-order valence-electron chi connectivity index (χ1n) is 5.66. The molecule has 0 atom stereocenters. The molecule has 1 aromatic heterocycles. The normalized spacial score (nSPS) is 10.2. The van der Waals surface area contributed by atoms with Crippen LogP contribution in [0.3, 0.4) is 0 Å². The average molecular weight is 262 g/mol. The number of nitrogens with two attached hydrogens (primary N) is 1. The fraction of sp³-hybridized carbons (Fsp3) is 0.250. The summed E-state index contributed by atoms with van der Waals surface area (Å²) in [5.41, 5.74) is 5.95. The molecule has 0 spiro atoms. The molecule has 0 aliphatic carbocycles. The van der Waals surface area contributed by atoms with E-state index >= 15 is 0 Å². The minimum absolute atomic E-state index is 0.0725. The summed E-state index contributed by atoms with van der Waals surface area (Å²) in [5, 5.41) is 6.39. The monoisotopic (exact) mass is 262 g/mol. The number of ether oxygens (including phenoxy) is 1. The second-order valence-electron chi connectivity index (χ2n) is 3.72. The number of carbonyl (C=O) groups excluding carboxylic acids is 1. The summed E-state index contributed by atoms with van der Waals surface area (Å²) in [5.74, 6) is 1.19. The van der Waals surface area contributed by atoms with Gasteiger partial charge in [0.25, 0.3) is 0 Å². The van der Waals surface area contributed by atoms with Crippen LogP contribution in [0.2, 0.25) is 0 Å². The molecule has 7 nitrogen and oxygen atoms in total. The van der Waals surface area contributed by atoms with E-state index in [1.165, 1.54) is 0 Å². The van der Waals surface area contributed by atoms with Gasteiger partial charge in [0.15, 0.2) is 0 Å². The van der Waals surface area contributed by atoms with Crippen molar-refractivity contribution in [3.05, 3.63) is 30.2 Å². The number of aromatic nitrogens is 2. The van der Waals surface area contributed by atoms with Crippen LogP contribution in [0.1, 0.15) is 5.89 Å². The van der Waals surface area contributed by atoms with Gasteiger partial charge < -0.3 is 20.3 Å². The van der Waals surface area contributed by atoms with Crippen LogP contribution in [0.15, 0.2) is 28.8 Å². The lowest BCUT2D eigenvalue weighted by Crippen LogP contribution is -2.29. The summed E-state index contributed by atoms with van der Waals surface area (Å²) in [7, 11) is 1.59. The smallest absolute Gasteiger partial charge is 0.246 e. The largest absolute Gasteiger partial charge is 0.497 e. The van der Waals surface area contributed by atoms with Crippen molar-refractivity contribution in [3.8, 4) is 17.1 Å². The molecule has 3 N–H and O–H groups in total. The maximum Gasteiger partial charge on any atom is 0.246 e. The zero-order valence-corrected chi connectivity index (χ0v) is 10.4. The molecule has 0 aliphatic heterocycles. The zero-order chi connectivity index (χ0) is 13.7. The molecule has 2 aromatic rings. The Morgan fingerprint density at radius 1 is 1.53 bits per heavy atom. The minimum Gasteiger partial charge on any atom is -0.497 e. The van der Waals surface area contributed by atoms with Crippen LogP contribution < -0.4 is 15.8 Å². The highest BCUT2D eigenvalue weighted by molar-refractivity contribution is 5.77. The Morgan fingerprint density at radius 2 is 2.37 bits per heavy atom. The number of nitrogens with one attached hydrogen (secondary N) is 1. The van der Waals surface area contributed by atoms with Crippen molar-refractivity contribution < 1.29 is 14.1 Å². The third-order valence-corrected chi connectivity index (χ3v) is 2.42. The Morgan fingerprint density at radius 3 is 3.11 bits per heavy atom. The highest BCUT2D eigenvalue weighted by Gasteiger charge is 2.09. The van der Waals surface area contributed by atoms with Crippen molar-refractivity contribution in [2.75, 3.05) is 13.7 Å². The lowest BCUT2D eigenvalue weighted by Gasteiger charge is -2.00. The van der Waals surface area contributed by atoms with Gasteiger partial charge in [0.1, 0.15) is 5.75 Å². The predicted octanol–water partition coefficient (Wildman–Crippen LogP) is 0.320. The van der Waals surface area contributed by atoms with Crippen LogP contribution in [0.4, 0.5) is 0 Å². The van der Waals surface area contributed by atoms with Crippen molar-refractivity contribution >= 4 is 5.91 Å². The second kappa shape index (κ2) is 5.96. The molecule has 0 saturated heterocycles. The third-order valence-electron chi connectivity index (χ3n) is 2.42. The molecule has 0 aliphatic rings. The summed E-state index contributed by atoms with van der Waals surface area (Å²) in [6, 6.07) is 7.30. The van der Waals surface area contributed by atoms with Crippen molar-refractivity contribution in [1.29, 1.82) is 0 Å². The highest BCUT2D eigenvalue weighted by atomic mass is 16.5. The predicted molar refractivity (Wildman–Crippen MR) is 67.2 cm³/mol. The Bertz CT molecular complexity index is 568. The standard InChI is InChI=1S/C12H14N4O3/c1-18-9-4-2-3-8(5-9)12-15-11(19-16-12)7-14-10(17)6-13/h2-5H,6-7,13H2,1H3,(H,14,17). The van der Waals surface area contributed by atoms with E-state index in [4.69, 9.17) is 15.0 Å². The molecule has 7 heteroatoms. The van der Waals surface area contributed by atoms with Crippen LogP contribution in [0.5, 0.6) is 5.75 Å². The maximum atomic E-state index is 11.0. The van der Waals surface area contributed by atoms with E-state index in [0.717, 1.165) is 5.56 Å². The van der Waals surface area contributed by atoms with Gasteiger partial charge in [-0.25, -0.2) is 0 Å². The summed E-state index contributed by atoms with van der Waals surface area (Å²) >= 11 is 0. The first kappa shape index (κ1) is 13.0. The van der Waals surface area contributed by atoms with Gasteiger partial charge in [-0.15, -0.1) is 0 Å². The number of benzene rings is 1. The quantitative estimate of drug-likeness (QED) is 0.804. The third kappa shape index (κ3) is 3.29. The molecule has 1 heterocycles. The first-order chi connectivity index (χ1) is 9.22. The van der Waals surface area contributed by atoms with Crippen LogP contribution in [0, 0.1) is 0 Å². The Hall–Kier alpha value is -2.41. The molecule has 19 heavy (non-hydrogen) atoms. The van der Waals surface area contributed by atoms with Gasteiger partial charge in [-0.05, 0) is 12.1 Å². The van der Waals surface area contributed by atoms with Gasteiger partial charge in [-0.3, -0.25) is 4.79 Å². The fourth-order valence-electron chi connectivity index (χ4n) is 1.45. The van der Waals surface area contributed by atoms with E-state index in [1.54, 1.807) is 13.2 Å². The summed E-state index contributed by atoms with van der Waals surface area (Å²) in [6.07, 6.45) is 0. The van der Waals surface area contributed by atoms with Gasteiger partial charge in [0.2, 0.25) is 17.6 Å². The number of carbonyl (C=O) groups is 1. The lowest BCUT2D eigenvalue weighted by molar-refractivity contribution is -0.120.